The van der Waals surface area contributed by atoms with Crippen LogP contribution in [0.25, 0.3) is 22.0 Å². The minimum atomic E-state index is 0. The Morgan fingerprint density at radius 3 is 2.02 bits per heavy atom. The normalized spacial score (nSPS) is 14.7. The first-order valence-electron chi connectivity index (χ1n) is 16.5. The minimum Gasteiger partial charge on any atom is -0.512 e. The van der Waals surface area contributed by atoms with Gasteiger partial charge in [0.15, 0.2) is 5.78 Å². The van der Waals surface area contributed by atoms with Gasteiger partial charge in [-0.15, -0.1) is 28.6 Å². The van der Waals surface area contributed by atoms with Gasteiger partial charge in [0.25, 0.3) is 0 Å². The maximum absolute atomic E-state index is 11.7. The molecule has 0 fully saturated rings. The molecule has 0 saturated carbocycles. The molecule has 2 aliphatic rings. The van der Waals surface area contributed by atoms with E-state index in [0.717, 1.165) is 55.5 Å². The molecule has 5 heteroatoms. The summed E-state index contributed by atoms with van der Waals surface area (Å²) < 4.78 is 0. The van der Waals surface area contributed by atoms with Crippen LogP contribution in [-0.4, -0.2) is 21.1 Å². The Morgan fingerprint density at radius 2 is 1.42 bits per heavy atom. The molecule has 1 spiro atoms. The summed E-state index contributed by atoms with van der Waals surface area (Å²) >= 11 is 0. The second kappa shape index (κ2) is 15.0. The summed E-state index contributed by atoms with van der Waals surface area (Å²) in [6.07, 6.45) is 9.48. The molecular formula is C40H47IrN2O2-. The number of hydrogen-bond acceptors (Lipinski definition) is 4. The first-order chi connectivity index (χ1) is 21.2. The van der Waals surface area contributed by atoms with Crippen LogP contribution in [0.1, 0.15) is 86.9 Å². The summed E-state index contributed by atoms with van der Waals surface area (Å²) in [6.45, 7) is 12.2. The molecule has 3 aromatic carbocycles. The third-order valence-electron chi connectivity index (χ3n) is 10.1. The summed E-state index contributed by atoms with van der Waals surface area (Å²) in [5, 5.41) is 21.3. The molecule has 6 rings (SSSR count). The zero-order chi connectivity index (χ0) is 31.4. The molecule has 1 heterocycles. The molecule has 2 aliphatic carbocycles. The summed E-state index contributed by atoms with van der Waals surface area (Å²) in [6, 6.07) is 23.6. The van der Waals surface area contributed by atoms with Crippen LogP contribution < -0.4 is 0 Å². The van der Waals surface area contributed by atoms with Gasteiger partial charge in [0.1, 0.15) is 0 Å². The van der Waals surface area contributed by atoms with Crippen LogP contribution >= 0.6 is 0 Å². The van der Waals surface area contributed by atoms with Gasteiger partial charge in [-0.05, 0) is 87.3 Å². The Morgan fingerprint density at radius 1 is 0.844 bits per heavy atom. The fourth-order valence-electron chi connectivity index (χ4n) is 7.28. The topological polar surface area (TPSA) is 63.1 Å². The van der Waals surface area contributed by atoms with Gasteiger partial charge in [-0.25, -0.2) is 0 Å². The second-order valence-corrected chi connectivity index (χ2v) is 13.0. The van der Waals surface area contributed by atoms with Crippen molar-refractivity contribution < 1.29 is 30.0 Å². The number of fused-ring (bicyclic) bond motifs is 4. The van der Waals surface area contributed by atoms with E-state index >= 15 is 0 Å². The van der Waals surface area contributed by atoms with E-state index in [4.69, 9.17) is 0 Å². The summed E-state index contributed by atoms with van der Waals surface area (Å²) in [5.41, 5.74) is 10.6. The van der Waals surface area contributed by atoms with Gasteiger partial charge in [0, 0.05) is 43.7 Å². The SMILES string of the molecule is CCC(CC)C(=O)/C=C(\O)C(CC)CC.Cc1cc(-c2[c-]c3ccccc3c3c2CC2(Cc4ccccc4C2)C3)nnc1C.[Ir]. The van der Waals surface area contributed by atoms with E-state index in [1.54, 1.807) is 0 Å². The molecule has 0 bridgehead atoms. The molecule has 4 aromatic rings. The van der Waals surface area contributed by atoms with Crippen LogP contribution in [0.2, 0.25) is 0 Å². The van der Waals surface area contributed by atoms with Crippen LogP contribution in [0, 0.1) is 37.2 Å². The monoisotopic (exact) mass is 780 g/mol. The quantitative estimate of drug-likeness (QED) is 0.110. The number of carbonyl (C=O) groups excluding carboxylic acids is 1. The maximum Gasteiger partial charge on any atom is 0.162 e. The predicted molar refractivity (Wildman–Crippen MR) is 181 cm³/mol. The Bertz CT molecular complexity index is 1660. The number of ketones is 1. The molecular weight excluding hydrogens is 733 g/mol. The first-order valence-corrected chi connectivity index (χ1v) is 16.5. The minimum absolute atomic E-state index is 0. The van der Waals surface area contributed by atoms with Gasteiger partial charge in [-0.3, -0.25) is 4.79 Å². The predicted octanol–water partition coefficient (Wildman–Crippen LogP) is 9.46. The van der Waals surface area contributed by atoms with Crippen molar-refractivity contribution in [1.82, 2.24) is 10.2 Å². The van der Waals surface area contributed by atoms with E-state index in [0.29, 0.717) is 5.41 Å². The number of benzene rings is 3. The number of nitrogens with zero attached hydrogens (tertiary/aromatic N) is 2. The van der Waals surface area contributed by atoms with E-state index in [2.05, 4.69) is 77.8 Å². The van der Waals surface area contributed by atoms with Crippen molar-refractivity contribution in [2.75, 3.05) is 0 Å². The Balaban J connectivity index is 0.000000249. The van der Waals surface area contributed by atoms with E-state index < -0.39 is 0 Å². The molecule has 4 nitrogen and oxygen atoms in total. The van der Waals surface area contributed by atoms with Crippen molar-refractivity contribution in [1.29, 1.82) is 0 Å². The number of rotatable bonds is 8. The van der Waals surface area contributed by atoms with Crippen molar-refractivity contribution in [3.8, 4) is 11.3 Å². The molecule has 239 valence electrons. The standard InChI is InChI=1S/C27H23N2.C13H24O2.Ir/c1-17-11-26(29-28-18(17)2)23-12-19-7-5-6-10-22(19)24-15-27(16-25(23)24)13-20-8-3-4-9-21(20)14-27;1-5-10(6-2)12(14)9-13(15)11(7-3)8-4;/h3-11H,13-16H2,1-2H3;9-11,14H,5-8H2,1-4H3;/q-1;;/b;12-9-;. The molecule has 1 radical (unpaired) electrons. The van der Waals surface area contributed by atoms with Crippen LogP contribution in [0.15, 0.2) is 66.4 Å². The van der Waals surface area contributed by atoms with E-state index in [1.807, 2.05) is 34.6 Å². The molecule has 45 heavy (non-hydrogen) atoms. The number of aryl methyl sites for hydroxylation is 2. The van der Waals surface area contributed by atoms with Crippen LogP contribution in [0.4, 0.5) is 0 Å². The largest absolute Gasteiger partial charge is 0.512 e. The molecule has 0 atom stereocenters. The second-order valence-electron chi connectivity index (χ2n) is 13.0. The van der Waals surface area contributed by atoms with Gasteiger partial charge >= 0.3 is 0 Å². The Labute approximate surface area is 283 Å². The number of aromatic nitrogens is 2. The number of aliphatic hydroxyl groups excluding tert-OH is 1. The van der Waals surface area contributed by atoms with Gasteiger partial charge in [-0.2, -0.15) is 10.2 Å². The van der Waals surface area contributed by atoms with Crippen LogP contribution in [0.3, 0.4) is 0 Å². The molecule has 0 saturated heterocycles. The van der Waals surface area contributed by atoms with Gasteiger partial charge < -0.3 is 5.11 Å². The van der Waals surface area contributed by atoms with Crippen molar-refractivity contribution in [3.05, 3.63) is 106 Å². The summed E-state index contributed by atoms with van der Waals surface area (Å²) in [5.74, 6) is 0.547. The molecule has 1 aromatic heterocycles. The van der Waals surface area contributed by atoms with E-state index in [9.17, 15) is 9.90 Å². The van der Waals surface area contributed by atoms with Crippen molar-refractivity contribution in [2.45, 2.75) is 92.9 Å². The van der Waals surface area contributed by atoms with E-state index in [1.165, 1.54) is 57.5 Å². The smallest absolute Gasteiger partial charge is 0.162 e. The molecule has 0 aliphatic heterocycles. The molecule has 1 N–H and O–H groups in total. The fraction of sp³-hybridized carbons (Fsp3) is 0.425. The average molecular weight is 780 g/mol. The number of carbonyl (C=O) groups is 1. The molecule has 0 amide bonds. The van der Waals surface area contributed by atoms with Crippen LogP contribution in [0.5, 0.6) is 0 Å². The van der Waals surface area contributed by atoms with Crippen LogP contribution in [-0.2, 0) is 50.6 Å². The maximum atomic E-state index is 11.7. The Hall–Kier alpha value is -3.14. The third-order valence-corrected chi connectivity index (χ3v) is 10.1. The third kappa shape index (κ3) is 7.31. The Kier molecular flexibility index (Phi) is 11.5. The van der Waals surface area contributed by atoms with Crippen molar-refractivity contribution in [2.24, 2.45) is 17.3 Å². The van der Waals surface area contributed by atoms with Gasteiger partial charge in [-0.1, -0.05) is 87.2 Å². The first kappa shape index (κ1) is 34.7. The summed E-state index contributed by atoms with van der Waals surface area (Å²) in [4.78, 5) is 11.7. The fourth-order valence-corrected chi connectivity index (χ4v) is 7.28. The zero-order valence-electron chi connectivity index (χ0n) is 27.7. The van der Waals surface area contributed by atoms with Gasteiger partial charge in [0.05, 0.1) is 11.5 Å². The number of allylic oxidation sites excluding steroid dienone is 2. The molecule has 0 unspecified atom stereocenters. The van der Waals surface area contributed by atoms with E-state index in [-0.39, 0.29) is 43.5 Å². The summed E-state index contributed by atoms with van der Waals surface area (Å²) in [7, 11) is 0. The van der Waals surface area contributed by atoms with Crippen molar-refractivity contribution in [3.63, 3.8) is 0 Å². The van der Waals surface area contributed by atoms with Crippen molar-refractivity contribution >= 4 is 16.6 Å². The van der Waals surface area contributed by atoms with Gasteiger partial charge in [0.2, 0.25) is 0 Å². The average Bonchev–Trinajstić information content (AvgIpc) is 3.58. The number of hydrogen-bond donors (Lipinski definition) is 1. The number of aliphatic hydroxyl groups is 1. The zero-order valence-corrected chi connectivity index (χ0v) is 30.1.